The van der Waals surface area contributed by atoms with Crippen molar-refractivity contribution in [3.05, 3.63) is 65.2 Å². The summed E-state index contributed by atoms with van der Waals surface area (Å²) in [6, 6.07) is 14.9. The van der Waals surface area contributed by atoms with Crippen LogP contribution in [-0.4, -0.2) is 25.8 Å². The molecule has 0 spiro atoms. The van der Waals surface area contributed by atoms with Gasteiger partial charge in [0.1, 0.15) is 0 Å². The Hall–Kier alpha value is -1.69. The van der Waals surface area contributed by atoms with Crippen molar-refractivity contribution in [1.29, 1.82) is 0 Å². The van der Waals surface area contributed by atoms with Gasteiger partial charge in [0.15, 0.2) is 9.84 Å². The van der Waals surface area contributed by atoms with Crippen molar-refractivity contribution in [2.24, 2.45) is 11.5 Å². The second kappa shape index (κ2) is 5.99. The van der Waals surface area contributed by atoms with Crippen LogP contribution in [-0.2, 0) is 16.3 Å². The minimum absolute atomic E-state index is 0.142. The summed E-state index contributed by atoms with van der Waals surface area (Å²) in [7, 11) is -3.52. The average molecular weight is 344 g/mol. The molecule has 0 unspecified atom stereocenters. The molecular weight excluding hydrogens is 320 g/mol. The first-order chi connectivity index (χ1) is 11.3. The van der Waals surface area contributed by atoms with Crippen molar-refractivity contribution in [2.45, 2.75) is 41.9 Å². The van der Waals surface area contributed by atoms with Crippen LogP contribution in [0.25, 0.3) is 0 Å². The topological polar surface area (TPSA) is 86.2 Å². The Morgan fingerprint density at radius 2 is 1.62 bits per heavy atom. The zero-order valence-corrected chi connectivity index (χ0v) is 14.9. The molecule has 5 heteroatoms. The molecule has 4 N–H and O–H groups in total. The van der Waals surface area contributed by atoms with Crippen LogP contribution in [0.5, 0.6) is 0 Å². The van der Waals surface area contributed by atoms with Crippen LogP contribution in [0.15, 0.2) is 53.4 Å². The predicted octanol–water partition coefficient (Wildman–Crippen LogP) is 2.15. The van der Waals surface area contributed by atoms with Crippen LogP contribution in [0.3, 0.4) is 0 Å². The molecule has 3 rings (SSSR count). The molecule has 24 heavy (non-hydrogen) atoms. The molecule has 0 radical (unpaired) electrons. The molecule has 0 amide bonds. The van der Waals surface area contributed by atoms with E-state index in [4.69, 9.17) is 11.5 Å². The highest BCUT2D eigenvalue weighted by atomic mass is 32.2. The summed E-state index contributed by atoms with van der Waals surface area (Å²) in [5, 5.41) is -0.676. The first kappa shape index (κ1) is 17.1. The number of aryl methyl sites for hydroxylation is 2. The zero-order chi connectivity index (χ0) is 17.5. The van der Waals surface area contributed by atoms with Crippen molar-refractivity contribution in [3.8, 4) is 0 Å². The summed E-state index contributed by atoms with van der Waals surface area (Å²) >= 11 is 0. The first-order valence-corrected chi connectivity index (χ1v) is 9.77. The summed E-state index contributed by atoms with van der Waals surface area (Å²) in [5.41, 5.74) is 14.5. The third-order valence-electron chi connectivity index (χ3n) is 5.09. The third kappa shape index (κ3) is 2.66. The molecule has 2 aromatic carbocycles. The molecule has 1 fully saturated rings. The number of sulfone groups is 1. The fraction of sp³-hybridized carbons (Fsp3) is 0.368. The highest BCUT2D eigenvalue weighted by Crippen LogP contribution is 2.55. The number of nitrogens with two attached hydrogens (primary N) is 2. The number of rotatable bonds is 5. The summed E-state index contributed by atoms with van der Waals surface area (Å²) in [6.45, 7) is 4.16. The van der Waals surface area contributed by atoms with Gasteiger partial charge < -0.3 is 11.5 Å². The summed E-state index contributed by atoms with van der Waals surface area (Å²) in [4.78, 5) is 0.314. The predicted molar refractivity (Wildman–Crippen MR) is 96.7 cm³/mol. The van der Waals surface area contributed by atoms with Crippen LogP contribution in [0.2, 0.25) is 0 Å². The van der Waals surface area contributed by atoms with Gasteiger partial charge in [-0.2, -0.15) is 0 Å². The minimum Gasteiger partial charge on any atom is -0.329 e. The zero-order valence-electron chi connectivity index (χ0n) is 14.1. The average Bonchev–Trinajstić information content (AvgIpc) is 3.23. The lowest BCUT2D eigenvalue weighted by Crippen LogP contribution is -2.39. The monoisotopic (exact) mass is 344 g/mol. The molecule has 1 aliphatic carbocycles. The molecule has 0 aromatic heterocycles. The van der Waals surface area contributed by atoms with Gasteiger partial charge in [0, 0.05) is 12.5 Å². The molecule has 2 aromatic rings. The van der Waals surface area contributed by atoms with E-state index in [-0.39, 0.29) is 12.5 Å². The molecule has 0 bridgehead atoms. The Balaban J connectivity index is 1.98. The third-order valence-corrected chi connectivity index (χ3v) is 7.40. The van der Waals surface area contributed by atoms with Gasteiger partial charge in [-0.25, -0.2) is 8.42 Å². The van der Waals surface area contributed by atoms with Crippen LogP contribution >= 0.6 is 0 Å². The Morgan fingerprint density at radius 1 is 1.04 bits per heavy atom. The lowest BCUT2D eigenvalue weighted by Gasteiger charge is -2.09. The van der Waals surface area contributed by atoms with E-state index >= 15 is 0 Å². The second-order valence-electron chi connectivity index (χ2n) is 6.67. The van der Waals surface area contributed by atoms with Gasteiger partial charge in [0.05, 0.1) is 15.7 Å². The quantitative estimate of drug-likeness (QED) is 0.870. The largest absolute Gasteiger partial charge is 0.329 e. The van der Waals surface area contributed by atoms with Crippen molar-refractivity contribution in [1.82, 2.24) is 0 Å². The molecule has 3 atom stereocenters. The molecule has 0 saturated heterocycles. The standard InChI is InChI=1S/C19H24N2O2S/c1-3-14-6-8-15(9-7-14)17-18(19(17,21)12-20)24(22,23)16-10-4-13(2)5-11-16/h4-11,17-18H,3,12,20-21H2,1-2H3/t17-,18+,19-/m1/s1. The molecular formula is C19H24N2O2S. The molecule has 128 valence electrons. The molecule has 4 nitrogen and oxygen atoms in total. The Bertz CT molecular complexity index is 829. The smallest absolute Gasteiger partial charge is 0.183 e. The van der Waals surface area contributed by atoms with Crippen molar-refractivity contribution < 1.29 is 8.42 Å². The van der Waals surface area contributed by atoms with E-state index < -0.39 is 20.6 Å². The van der Waals surface area contributed by atoms with Gasteiger partial charge in [0.25, 0.3) is 0 Å². The van der Waals surface area contributed by atoms with Crippen LogP contribution < -0.4 is 11.5 Å². The minimum atomic E-state index is -3.52. The lowest BCUT2D eigenvalue weighted by atomic mass is 10.0. The number of hydrogen-bond acceptors (Lipinski definition) is 4. The van der Waals surface area contributed by atoms with E-state index in [0.29, 0.717) is 4.90 Å². The van der Waals surface area contributed by atoms with Gasteiger partial charge in [-0.05, 0) is 36.6 Å². The van der Waals surface area contributed by atoms with Gasteiger partial charge in [0.2, 0.25) is 0 Å². The highest BCUT2D eigenvalue weighted by Gasteiger charge is 2.68. The van der Waals surface area contributed by atoms with Gasteiger partial charge in [-0.3, -0.25) is 0 Å². The number of hydrogen-bond donors (Lipinski definition) is 2. The van der Waals surface area contributed by atoms with Crippen molar-refractivity contribution >= 4 is 9.84 Å². The first-order valence-electron chi connectivity index (χ1n) is 8.23. The fourth-order valence-corrected chi connectivity index (χ4v) is 5.77. The Morgan fingerprint density at radius 3 is 2.12 bits per heavy atom. The molecule has 0 aliphatic heterocycles. The number of benzene rings is 2. The maximum Gasteiger partial charge on any atom is 0.183 e. The fourth-order valence-electron chi connectivity index (χ4n) is 3.45. The lowest BCUT2D eigenvalue weighted by molar-refractivity contribution is 0.586. The summed E-state index contributed by atoms with van der Waals surface area (Å²) in [5.74, 6) is -0.264. The SMILES string of the molecule is CCc1ccc([C@@H]2[C@H](S(=O)(=O)c3ccc(C)cc3)[C@@]2(N)CN)cc1. The summed E-state index contributed by atoms with van der Waals surface area (Å²) < 4.78 is 26.1. The van der Waals surface area contributed by atoms with Crippen molar-refractivity contribution in [3.63, 3.8) is 0 Å². The molecule has 0 heterocycles. The van der Waals surface area contributed by atoms with E-state index in [1.54, 1.807) is 24.3 Å². The van der Waals surface area contributed by atoms with Gasteiger partial charge in [-0.1, -0.05) is 48.9 Å². The van der Waals surface area contributed by atoms with E-state index in [0.717, 1.165) is 17.5 Å². The molecule has 1 saturated carbocycles. The van der Waals surface area contributed by atoms with Gasteiger partial charge >= 0.3 is 0 Å². The van der Waals surface area contributed by atoms with E-state index in [1.165, 1.54) is 5.56 Å². The summed E-state index contributed by atoms with van der Waals surface area (Å²) in [6.07, 6.45) is 0.945. The Labute approximate surface area is 143 Å². The van der Waals surface area contributed by atoms with Crippen molar-refractivity contribution in [2.75, 3.05) is 6.54 Å². The van der Waals surface area contributed by atoms with Crippen LogP contribution in [0, 0.1) is 6.92 Å². The Kier molecular flexibility index (Phi) is 4.28. The highest BCUT2D eigenvalue weighted by molar-refractivity contribution is 7.92. The van der Waals surface area contributed by atoms with E-state index in [9.17, 15) is 8.42 Å². The maximum absolute atomic E-state index is 13.1. The normalized spacial score (nSPS) is 26.3. The van der Waals surface area contributed by atoms with Crippen LogP contribution in [0.4, 0.5) is 0 Å². The van der Waals surface area contributed by atoms with E-state index in [2.05, 4.69) is 6.92 Å². The van der Waals surface area contributed by atoms with E-state index in [1.807, 2.05) is 31.2 Å². The second-order valence-corrected chi connectivity index (χ2v) is 8.74. The maximum atomic E-state index is 13.1. The van der Waals surface area contributed by atoms with Gasteiger partial charge in [-0.15, -0.1) is 0 Å². The molecule has 1 aliphatic rings. The van der Waals surface area contributed by atoms with Crippen LogP contribution in [0.1, 0.15) is 29.5 Å².